The van der Waals surface area contributed by atoms with E-state index in [-0.39, 0.29) is 0 Å². The van der Waals surface area contributed by atoms with Gasteiger partial charge in [-0.2, -0.15) is 0 Å². The second-order valence-electron chi connectivity index (χ2n) is 5.69. The summed E-state index contributed by atoms with van der Waals surface area (Å²) in [6, 6.07) is 0.754. The summed E-state index contributed by atoms with van der Waals surface area (Å²) >= 11 is 0. The molecule has 2 fully saturated rings. The topological polar surface area (TPSA) is 15.3 Å². The Labute approximate surface area is 94.4 Å². The van der Waals surface area contributed by atoms with Crippen molar-refractivity contribution in [3.8, 4) is 0 Å². The van der Waals surface area contributed by atoms with E-state index in [0.717, 1.165) is 17.9 Å². The van der Waals surface area contributed by atoms with Gasteiger partial charge in [0.05, 0.1) is 0 Å². The van der Waals surface area contributed by atoms with Crippen molar-refractivity contribution in [3.05, 3.63) is 0 Å². The van der Waals surface area contributed by atoms with Crippen LogP contribution in [0.2, 0.25) is 0 Å². The van der Waals surface area contributed by atoms with Gasteiger partial charge in [0.1, 0.15) is 0 Å². The van der Waals surface area contributed by atoms with Crippen LogP contribution >= 0.6 is 0 Å². The Hall–Kier alpha value is -0.0800. The number of hydrogen-bond donors (Lipinski definition) is 1. The molecule has 0 amide bonds. The molecule has 2 saturated heterocycles. The zero-order valence-corrected chi connectivity index (χ0v) is 10.3. The summed E-state index contributed by atoms with van der Waals surface area (Å²) in [6.45, 7) is 9.97. The van der Waals surface area contributed by atoms with Crippen LogP contribution in [0.5, 0.6) is 0 Å². The van der Waals surface area contributed by atoms with Crippen LogP contribution in [0.15, 0.2) is 0 Å². The van der Waals surface area contributed by atoms with E-state index in [0.29, 0.717) is 0 Å². The minimum Gasteiger partial charge on any atom is -0.312 e. The van der Waals surface area contributed by atoms with Crippen LogP contribution in [-0.2, 0) is 0 Å². The Morgan fingerprint density at radius 1 is 1.20 bits per heavy atom. The van der Waals surface area contributed by atoms with Crippen LogP contribution in [0, 0.1) is 11.8 Å². The van der Waals surface area contributed by atoms with Crippen LogP contribution in [0.1, 0.15) is 39.5 Å². The maximum atomic E-state index is 3.69. The van der Waals surface area contributed by atoms with Gasteiger partial charge in [0.15, 0.2) is 0 Å². The summed E-state index contributed by atoms with van der Waals surface area (Å²) in [7, 11) is 0. The lowest BCUT2D eigenvalue weighted by Gasteiger charge is -2.37. The highest BCUT2D eigenvalue weighted by atomic mass is 15.2. The van der Waals surface area contributed by atoms with Crippen LogP contribution in [0.3, 0.4) is 0 Å². The highest BCUT2D eigenvalue weighted by Gasteiger charge is 2.25. The van der Waals surface area contributed by atoms with E-state index < -0.39 is 0 Å². The van der Waals surface area contributed by atoms with Gasteiger partial charge in [-0.15, -0.1) is 0 Å². The molecule has 3 unspecified atom stereocenters. The lowest BCUT2D eigenvalue weighted by molar-refractivity contribution is 0.141. The molecular weight excluding hydrogens is 184 g/mol. The molecule has 2 rings (SSSR count). The van der Waals surface area contributed by atoms with Crippen molar-refractivity contribution in [2.45, 2.75) is 45.6 Å². The van der Waals surface area contributed by atoms with Crippen LogP contribution in [0.25, 0.3) is 0 Å². The molecule has 0 bridgehead atoms. The van der Waals surface area contributed by atoms with Crippen molar-refractivity contribution in [1.29, 1.82) is 0 Å². The van der Waals surface area contributed by atoms with E-state index in [4.69, 9.17) is 0 Å². The van der Waals surface area contributed by atoms with Crippen molar-refractivity contribution < 1.29 is 0 Å². The summed E-state index contributed by atoms with van der Waals surface area (Å²) in [5.41, 5.74) is 0. The third-order valence-corrected chi connectivity index (χ3v) is 4.13. The molecule has 2 nitrogen and oxygen atoms in total. The molecule has 0 aliphatic carbocycles. The summed E-state index contributed by atoms with van der Waals surface area (Å²) in [4.78, 5) is 2.67. The minimum absolute atomic E-state index is 0.754. The van der Waals surface area contributed by atoms with Crippen LogP contribution in [0.4, 0.5) is 0 Å². The summed E-state index contributed by atoms with van der Waals surface area (Å²) in [5.74, 6) is 1.79. The summed E-state index contributed by atoms with van der Waals surface area (Å²) in [5, 5.41) is 3.69. The Morgan fingerprint density at radius 2 is 2.07 bits per heavy atom. The van der Waals surface area contributed by atoms with Crippen molar-refractivity contribution in [2.24, 2.45) is 11.8 Å². The van der Waals surface area contributed by atoms with Gasteiger partial charge in [-0.3, -0.25) is 0 Å². The Kier molecular flexibility index (Phi) is 4.04. The predicted molar refractivity (Wildman–Crippen MR) is 65.0 cm³/mol. The van der Waals surface area contributed by atoms with Gasteiger partial charge in [0, 0.05) is 19.1 Å². The first-order valence-corrected chi connectivity index (χ1v) is 6.71. The number of hydrogen-bond acceptors (Lipinski definition) is 2. The molecule has 2 aliphatic rings. The fourth-order valence-electron chi connectivity index (χ4n) is 3.09. The van der Waals surface area contributed by atoms with Gasteiger partial charge in [-0.1, -0.05) is 13.8 Å². The quantitative estimate of drug-likeness (QED) is 0.751. The molecule has 2 heteroatoms. The van der Waals surface area contributed by atoms with E-state index in [2.05, 4.69) is 24.1 Å². The van der Waals surface area contributed by atoms with Gasteiger partial charge in [0.2, 0.25) is 0 Å². The molecule has 2 aliphatic heterocycles. The molecule has 0 aromatic carbocycles. The number of piperidine rings is 2. The monoisotopic (exact) mass is 210 g/mol. The summed E-state index contributed by atoms with van der Waals surface area (Å²) < 4.78 is 0. The van der Waals surface area contributed by atoms with Crippen molar-refractivity contribution >= 4 is 0 Å². The van der Waals surface area contributed by atoms with Gasteiger partial charge in [-0.05, 0) is 50.6 Å². The first kappa shape index (κ1) is 11.4. The van der Waals surface area contributed by atoms with Crippen molar-refractivity contribution in [3.63, 3.8) is 0 Å². The molecular formula is C13H26N2. The molecule has 15 heavy (non-hydrogen) atoms. The number of rotatable bonds is 2. The van der Waals surface area contributed by atoms with Crippen LogP contribution < -0.4 is 5.32 Å². The second kappa shape index (κ2) is 5.31. The summed E-state index contributed by atoms with van der Waals surface area (Å²) in [6.07, 6.45) is 5.63. The first-order chi connectivity index (χ1) is 7.25. The fraction of sp³-hybridized carbons (Fsp3) is 1.00. The average molecular weight is 210 g/mol. The standard InChI is InChI=1S/C13H26N2/c1-11-5-4-8-15(9-11)10-13-12(2)6-3-7-14-13/h11-14H,3-10H2,1-2H3. The maximum absolute atomic E-state index is 3.69. The predicted octanol–water partition coefficient (Wildman–Crippen LogP) is 2.11. The molecule has 2 heterocycles. The number of nitrogens with one attached hydrogen (secondary N) is 1. The zero-order chi connectivity index (χ0) is 10.7. The molecule has 0 spiro atoms. The molecule has 0 radical (unpaired) electrons. The number of likely N-dealkylation sites (tertiary alicyclic amines) is 1. The van der Waals surface area contributed by atoms with Crippen molar-refractivity contribution in [1.82, 2.24) is 10.2 Å². The molecule has 88 valence electrons. The van der Waals surface area contributed by atoms with E-state index in [1.807, 2.05) is 0 Å². The normalized spacial score (nSPS) is 39.2. The smallest absolute Gasteiger partial charge is 0.0220 e. The number of nitrogens with zero attached hydrogens (tertiary/aromatic N) is 1. The molecule has 0 aromatic heterocycles. The fourth-order valence-corrected chi connectivity index (χ4v) is 3.09. The van der Waals surface area contributed by atoms with Crippen molar-refractivity contribution in [2.75, 3.05) is 26.2 Å². The van der Waals surface area contributed by atoms with Gasteiger partial charge < -0.3 is 10.2 Å². The van der Waals surface area contributed by atoms with E-state index in [9.17, 15) is 0 Å². The molecule has 0 aromatic rings. The highest BCUT2D eigenvalue weighted by Crippen LogP contribution is 2.20. The average Bonchev–Trinajstić information content (AvgIpc) is 2.22. The highest BCUT2D eigenvalue weighted by molar-refractivity contribution is 4.83. The lowest BCUT2D eigenvalue weighted by atomic mass is 9.91. The van der Waals surface area contributed by atoms with Gasteiger partial charge >= 0.3 is 0 Å². The third-order valence-electron chi connectivity index (χ3n) is 4.13. The second-order valence-corrected chi connectivity index (χ2v) is 5.69. The Balaban J connectivity index is 1.79. The SMILES string of the molecule is CC1CCCN(CC2NCCCC2C)C1. The van der Waals surface area contributed by atoms with Gasteiger partial charge in [0.25, 0.3) is 0 Å². The van der Waals surface area contributed by atoms with Gasteiger partial charge in [-0.25, -0.2) is 0 Å². The Morgan fingerprint density at radius 3 is 2.80 bits per heavy atom. The van der Waals surface area contributed by atoms with E-state index >= 15 is 0 Å². The van der Waals surface area contributed by atoms with E-state index in [1.54, 1.807) is 0 Å². The zero-order valence-electron chi connectivity index (χ0n) is 10.3. The largest absolute Gasteiger partial charge is 0.312 e. The minimum atomic E-state index is 0.754. The van der Waals surface area contributed by atoms with Crippen LogP contribution in [-0.4, -0.2) is 37.1 Å². The Bertz CT molecular complexity index is 193. The van der Waals surface area contributed by atoms with E-state index in [1.165, 1.54) is 51.9 Å². The first-order valence-electron chi connectivity index (χ1n) is 6.71. The molecule has 1 N–H and O–H groups in total. The third kappa shape index (κ3) is 3.18. The maximum Gasteiger partial charge on any atom is 0.0220 e. The molecule has 0 saturated carbocycles. The molecule has 3 atom stereocenters. The lowest BCUT2D eigenvalue weighted by Crippen LogP contribution is -2.49.